The molecule has 0 heterocycles. The number of benzene rings is 1. The maximum atomic E-state index is 12.9. The topological polar surface area (TPSA) is 78.4 Å². The van der Waals surface area contributed by atoms with Crippen LogP contribution in [0.25, 0.3) is 0 Å². The smallest absolute Gasteiger partial charge is 0.315 e. The largest absolute Gasteiger partial charge is 0.481 e. The molecule has 0 aromatic heterocycles. The molecule has 0 saturated carbocycles. The van der Waals surface area contributed by atoms with Gasteiger partial charge < -0.3 is 15.7 Å². The first-order valence-electron chi connectivity index (χ1n) is 6.48. The van der Waals surface area contributed by atoms with Gasteiger partial charge in [-0.1, -0.05) is 12.1 Å². The summed E-state index contributed by atoms with van der Waals surface area (Å²) in [7, 11) is 0. The van der Waals surface area contributed by atoms with Crippen LogP contribution in [0.5, 0.6) is 0 Å². The second kappa shape index (κ2) is 8.14. The normalized spacial score (nSPS) is 11.7. The summed E-state index contributed by atoms with van der Waals surface area (Å²) in [5, 5.41) is 13.8. The molecule has 0 aliphatic rings. The highest BCUT2D eigenvalue weighted by Gasteiger charge is 2.08. The van der Waals surface area contributed by atoms with Crippen molar-refractivity contribution in [3.63, 3.8) is 0 Å². The first kappa shape index (κ1) is 15.9. The SMILES string of the molecule is CC(CCCC(=O)O)NC(=O)NCc1cccc(F)c1. The van der Waals surface area contributed by atoms with Crippen LogP contribution < -0.4 is 10.6 Å². The van der Waals surface area contributed by atoms with E-state index in [1.165, 1.54) is 12.1 Å². The summed E-state index contributed by atoms with van der Waals surface area (Å²) < 4.78 is 12.9. The Morgan fingerprint density at radius 3 is 2.80 bits per heavy atom. The minimum absolute atomic E-state index is 0.0942. The second-order valence-electron chi connectivity index (χ2n) is 4.64. The van der Waals surface area contributed by atoms with E-state index in [1.807, 2.05) is 6.92 Å². The maximum Gasteiger partial charge on any atom is 0.315 e. The molecule has 1 atom stereocenters. The fraction of sp³-hybridized carbons (Fsp3) is 0.429. The van der Waals surface area contributed by atoms with Crippen molar-refractivity contribution in [1.82, 2.24) is 10.6 Å². The number of urea groups is 1. The van der Waals surface area contributed by atoms with Gasteiger partial charge in [-0.2, -0.15) is 0 Å². The zero-order chi connectivity index (χ0) is 15.0. The number of hydrogen-bond acceptors (Lipinski definition) is 2. The average molecular weight is 282 g/mol. The molecular formula is C14H19FN2O3. The molecule has 0 spiro atoms. The zero-order valence-electron chi connectivity index (χ0n) is 11.4. The predicted molar refractivity (Wildman–Crippen MR) is 72.7 cm³/mol. The van der Waals surface area contributed by atoms with Gasteiger partial charge >= 0.3 is 12.0 Å². The van der Waals surface area contributed by atoms with Gasteiger partial charge in [-0.25, -0.2) is 9.18 Å². The maximum absolute atomic E-state index is 12.9. The van der Waals surface area contributed by atoms with Crippen LogP contribution in [0.15, 0.2) is 24.3 Å². The molecule has 110 valence electrons. The first-order chi connectivity index (χ1) is 9.47. The van der Waals surface area contributed by atoms with Gasteiger partial charge in [0.25, 0.3) is 0 Å². The Bertz CT molecular complexity index is 465. The Labute approximate surface area is 117 Å². The van der Waals surface area contributed by atoms with Gasteiger partial charge in [0.2, 0.25) is 0 Å². The monoisotopic (exact) mass is 282 g/mol. The van der Waals surface area contributed by atoms with Crippen LogP contribution in [0.3, 0.4) is 0 Å². The standard InChI is InChI=1S/C14H19FN2O3/c1-10(4-2-7-13(18)19)17-14(20)16-9-11-5-3-6-12(15)8-11/h3,5-6,8,10H,2,4,7,9H2,1H3,(H,18,19)(H2,16,17,20). The van der Waals surface area contributed by atoms with Crippen LogP contribution in [-0.2, 0) is 11.3 Å². The zero-order valence-corrected chi connectivity index (χ0v) is 11.4. The Hall–Kier alpha value is -2.11. The van der Waals surface area contributed by atoms with Gasteiger partial charge in [-0.05, 0) is 37.5 Å². The Morgan fingerprint density at radius 1 is 1.40 bits per heavy atom. The minimum atomic E-state index is -0.840. The quantitative estimate of drug-likeness (QED) is 0.718. The van der Waals surface area contributed by atoms with E-state index in [0.29, 0.717) is 18.4 Å². The molecule has 0 aliphatic carbocycles. The van der Waals surface area contributed by atoms with E-state index >= 15 is 0 Å². The van der Waals surface area contributed by atoms with Crippen molar-refractivity contribution in [3.05, 3.63) is 35.6 Å². The average Bonchev–Trinajstić information content (AvgIpc) is 2.36. The number of carbonyl (C=O) groups excluding carboxylic acids is 1. The molecule has 0 bridgehead atoms. The Kier molecular flexibility index (Phi) is 6.49. The summed E-state index contributed by atoms with van der Waals surface area (Å²) in [4.78, 5) is 21.9. The third-order valence-electron chi connectivity index (χ3n) is 2.75. The van der Waals surface area contributed by atoms with Gasteiger partial charge in [0.15, 0.2) is 0 Å². The number of halogens is 1. The lowest BCUT2D eigenvalue weighted by molar-refractivity contribution is -0.137. The molecule has 1 aromatic carbocycles. The van der Waals surface area contributed by atoms with Crippen molar-refractivity contribution in [2.45, 2.75) is 38.8 Å². The summed E-state index contributed by atoms with van der Waals surface area (Å²) >= 11 is 0. The van der Waals surface area contributed by atoms with Crippen LogP contribution in [-0.4, -0.2) is 23.1 Å². The van der Waals surface area contributed by atoms with Crippen LogP contribution in [0.1, 0.15) is 31.7 Å². The van der Waals surface area contributed by atoms with E-state index in [0.717, 1.165) is 0 Å². The van der Waals surface area contributed by atoms with Crippen LogP contribution in [0.2, 0.25) is 0 Å². The highest BCUT2D eigenvalue weighted by molar-refractivity contribution is 5.74. The van der Waals surface area contributed by atoms with E-state index in [9.17, 15) is 14.0 Å². The van der Waals surface area contributed by atoms with Crippen molar-refractivity contribution >= 4 is 12.0 Å². The molecule has 1 unspecified atom stereocenters. The van der Waals surface area contributed by atoms with Gasteiger partial charge in [0.05, 0.1) is 0 Å². The molecule has 0 fully saturated rings. The lowest BCUT2D eigenvalue weighted by Crippen LogP contribution is -2.40. The van der Waals surface area contributed by atoms with Crippen LogP contribution >= 0.6 is 0 Å². The molecule has 0 aliphatic heterocycles. The third kappa shape index (κ3) is 6.72. The Morgan fingerprint density at radius 2 is 2.15 bits per heavy atom. The summed E-state index contributed by atoms with van der Waals surface area (Å²) in [6.07, 6.45) is 1.21. The summed E-state index contributed by atoms with van der Waals surface area (Å²) in [5.41, 5.74) is 0.679. The number of carbonyl (C=O) groups is 2. The fourth-order valence-electron chi connectivity index (χ4n) is 1.74. The van der Waals surface area contributed by atoms with Gasteiger partial charge in [-0.15, -0.1) is 0 Å². The number of carboxylic acid groups (broad SMARTS) is 1. The number of hydrogen-bond donors (Lipinski definition) is 3. The van der Waals surface area contributed by atoms with Crippen molar-refractivity contribution in [2.75, 3.05) is 0 Å². The lowest BCUT2D eigenvalue weighted by atomic mass is 10.1. The first-order valence-corrected chi connectivity index (χ1v) is 6.48. The molecule has 5 nitrogen and oxygen atoms in total. The second-order valence-corrected chi connectivity index (χ2v) is 4.64. The number of amides is 2. The van der Waals surface area contributed by atoms with Crippen LogP contribution in [0.4, 0.5) is 9.18 Å². The summed E-state index contributed by atoms with van der Waals surface area (Å²) in [5.74, 6) is -1.18. The molecule has 6 heteroatoms. The molecular weight excluding hydrogens is 263 g/mol. The van der Waals surface area contributed by atoms with Gasteiger partial charge in [0.1, 0.15) is 5.82 Å². The fourth-order valence-corrected chi connectivity index (χ4v) is 1.74. The molecule has 0 saturated heterocycles. The highest BCUT2D eigenvalue weighted by Crippen LogP contribution is 2.03. The minimum Gasteiger partial charge on any atom is -0.481 e. The molecule has 2 amide bonds. The van der Waals surface area contributed by atoms with Crippen molar-refractivity contribution < 1.29 is 19.1 Å². The summed E-state index contributed by atoms with van der Waals surface area (Å²) in [6, 6.07) is 5.54. The Balaban J connectivity index is 2.24. The predicted octanol–water partition coefficient (Wildman–Crippen LogP) is 2.27. The molecule has 1 aromatic rings. The van der Waals surface area contributed by atoms with Crippen LogP contribution in [0, 0.1) is 5.82 Å². The number of aliphatic carboxylic acids is 1. The molecule has 3 N–H and O–H groups in total. The van der Waals surface area contributed by atoms with E-state index in [2.05, 4.69) is 10.6 Å². The van der Waals surface area contributed by atoms with E-state index in [4.69, 9.17) is 5.11 Å². The number of rotatable bonds is 7. The number of carboxylic acids is 1. The lowest BCUT2D eigenvalue weighted by Gasteiger charge is -2.14. The summed E-state index contributed by atoms with van der Waals surface area (Å²) in [6.45, 7) is 2.05. The van der Waals surface area contributed by atoms with Crippen molar-refractivity contribution in [1.29, 1.82) is 0 Å². The molecule has 0 radical (unpaired) electrons. The van der Waals surface area contributed by atoms with E-state index in [-0.39, 0.29) is 30.9 Å². The van der Waals surface area contributed by atoms with E-state index < -0.39 is 5.97 Å². The highest BCUT2D eigenvalue weighted by atomic mass is 19.1. The molecule has 1 rings (SSSR count). The third-order valence-corrected chi connectivity index (χ3v) is 2.75. The van der Waals surface area contributed by atoms with Gasteiger partial charge in [-0.3, -0.25) is 4.79 Å². The molecule has 20 heavy (non-hydrogen) atoms. The van der Waals surface area contributed by atoms with Crippen molar-refractivity contribution in [2.24, 2.45) is 0 Å². The van der Waals surface area contributed by atoms with E-state index in [1.54, 1.807) is 12.1 Å². The number of nitrogens with one attached hydrogen (secondary N) is 2. The van der Waals surface area contributed by atoms with Gasteiger partial charge in [0, 0.05) is 19.0 Å². The van der Waals surface area contributed by atoms with Crippen molar-refractivity contribution in [3.8, 4) is 0 Å².